The van der Waals surface area contributed by atoms with Gasteiger partial charge in [0.05, 0.1) is 32.1 Å². The summed E-state index contributed by atoms with van der Waals surface area (Å²) in [5, 5.41) is 0. The SMILES string of the molecule is C[N+](C)(C)c1ccc(S(=O)(=O)OC2C3CC4CC(C3)CC2C4)cc1. The van der Waals surface area contributed by atoms with E-state index in [0.717, 1.165) is 43.2 Å². The highest BCUT2D eigenvalue weighted by atomic mass is 32.2. The molecule has 1 aromatic carbocycles. The number of benzene rings is 1. The van der Waals surface area contributed by atoms with Crippen LogP contribution in [0.5, 0.6) is 0 Å². The summed E-state index contributed by atoms with van der Waals surface area (Å²) in [6.45, 7) is 0. The number of hydrogen-bond acceptors (Lipinski definition) is 3. The fourth-order valence-electron chi connectivity index (χ4n) is 5.29. The summed E-state index contributed by atoms with van der Waals surface area (Å²) in [7, 11) is 2.52. The highest BCUT2D eigenvalue weighted by Gasteiger charge is 2.50. The highest BCUT2D eigenvalue weighted by Crippen LogP contribution is 2.55. The Balaban J connectivity index is 1.53. The highest BCUT2D eigenvalue weighted by molar-refractivity contribution is 7.86. The van der Waals surface area contributed by atoms with Gasteiger partial charge in [-0.15, -0.1) is 0 Å². The van der Waals surface area contributed by atoms with Crippen LogP contribution in [0.25, 0.3) is 0 Å². The van der Waals surface area contributed by atoms with Gasteiger partial charge in [-0.3, -0.25) is 8.67 Å². The molecule has 4 nitrogen and oxygen atoms in total. The normalized spacial score (nSPS) is 35.4. The van der Waals surface area contributed by atoms with Gasteiger partial charge in [-0.05, 0) is 67.9 Å². The van der Waals surface area contributed by atoms with Crippen molar-refractivity contribution in [3.05, 3.63) is 24.3 Å². The maximum Gasteiger partial charge on any atom is 0.297 e. The topological polar surface area (TPSA) is 43.4 Å². The second-order valence-corrected chi connectivity index (χ2v) is 10.5. The quantitative estimate of drug-likeness (QED) is 0.617. The molecule has 0 N–H and O–H groups in total. The van der Waals surface area contributed by atoms with Crippen molar-refractivity contribution in [2.24, 2.45) is 23.7 Å². The first-order valence-corrected chi connectivity index (χ1v) is 10.5. The van der Waals surface area contributed by atoms with Gasteiger partial charge >= 0.3 is 0 Å². The van der Waals surface area contributed by atoms with Crippen molar-refractivity contribution < 1.29 is 12.6 Å². The van der Waals surface area contributed by atoms with Crippen LogP contribution in [0.15, 0.2) is 29.2 Å². The van der Waals surface area contributed by atoms with E-state index in [1.54, 1.807) is 12.1 Å². The van der Waals surface area contributed by atoms with Crippen molar-refractivity contribution in [2.45, 2.75) is 43.1 Å². The molecule has 0 aliphatic heterocycles. The van der Waals surface area contributed by atoms with Gasteiger partial charge in [0.25, 0.3) is 10.1 Å². The predicted octanol–water partition coefficient (Wildman–Crippen LogP) is 3.41. The molecular weight excluding hydrogens is 322 g/mol. The van der Waals surface area contributed by atoms with Gasteiger partial charge in [0.1, 0.15) is 5.69 Å². The largest absolute Gasteiger partial charge is 0.298 e. The minimum Gasteiger partial charge on any atom is -0.298 e. The Morgan fingerprint density at radius 2 is 1.38 bits per heavy atom. The van der Waals surface area contributed by atoms with Crippen LogP contribution in [0, 0.1) is 23.7 Å². The standard InChI is InChI=1S/C19H28NO3S/c1-20(2,3)17-4-6-18(7-5-17)24(21,22)23-19-15-9-13-8-14(11-15)12-16(19)10-13/h4-7,13-16,19H,8-12H2,1-3H3/q+1. The van der Waals surface area contributed by atoms with Crippen LogP contribution in [0.4, 0.5) is 5.69 Å². The molecule has 0 saturated heterocycles. The third-order valence-electron chi connectivity index (χ3n) is 6.28. The van der Waals surface area contributed by atoms with E-state index in [9.17, 15) is 8.42 Å². The smallest absolute Gasteiger partial charge is 0.297 e. The first kappa shape index (κ1) is 16.6. The van der Waals surface area contributed by atoms with Crippen molar-refractivity contribution in [3.8, 4) is 0 Å². The Morgan fingerprint density at radius 3 is 1.83 bits per heavy atom. The Bertz CT molecular complexity index is 690. The molecule has 0 atom stereocenters. The zero-order valence-corrected chi connectivity index (χ0v) is 15.6. The van der Waals surface area contributed by atoms with Crippen LogP contribution in [0.1, 0.15) is 32.1 Å². The number of rotatable bonds is 4. The Kier molecular flexibility index (Phi) is 3.83. The van der Waals surface area contributed by atoms with Crippen molar-refractivity contribution in [1.82, 2.24) is 4.48 Å². The minimum atomic E-state index is -3.67. The van der Waals surface area contributed by atoms with E-state index in [1.165, 1.54) is 6.42 Å². The zero-order chi connectivity index (χ0) is 17.1. The summed E-state index contributed by atoms with van der Waals surface area (Å²) in [5.41, 5.74) is 1.07. The molecule has 0 unspecified atom stereocenters. The molecule has 4 aliphatic rings. The van der Waals surface area contributed by atoms with E-state index >= 15 is 0 Å². The lowest BCUT2D eigenvalue weighted by Gasteiger charge is -2.53. The molecule has 5 rings (SSSR count). The monoisotopic (exact) mass is 350 g/mol. The molecule has 4 saturated carbocycles. The summed E-state index contributed by atoms with van der Waals surface area (Å²) in [5.74, 6) is 2.53. The van der Waals surface area contributed by atoms with Gasteiger partial charge < -0.3 is 0 Å². The third-order valence-corrected chi connectivity index (χ3v) is 7.60. The van der Waals surface area contributed by atoms with Crippen molar-refractivity contribution >= 4 is 15.8 Å². The van der Waals surface area contributed by atoms with Crippen LogP contribution in [-0.4, -0.2) is 35.7 Å². The summed E-state index contributed by atoms with van der Waals surface area (Å²) in [4.78, 5) is 0.286. The van der Waals surface area contributed by atoms with Gasteiger partial charge in [0.2, 0.25) is 0 Å². The number of nitrogens with zero attached hydrogens (tertiary/aromatic N) is 1. The maximum atomic E-state index is 12.8. The van der Waals surface area contributed by atoms with E-state index in [4.69, 9.17) is 4.18 Å². The molecule has 0 spiro atoms. The number of hydrogen-bond donors (Lipinski definition) is 0. The lowest BCUT2D eigenvalue weighted by atomic mass is 9.55. The molecule has 1 aromatic rings. The van der Waals surface area contributed by atoms with Crippen LogP contribution in [0.2, 0.25) is 0 Å². The average Bonchev–Trinajstić information content (AvgIpc) is 2.49. The molecule has 0 amide bonds. The van der Waals surface area contributed by atoms with Crippen molar-refractivity contribution in [2.75, 3.05) is 21.1 Å². The van der Waals surface area contributed by atoms with E-state index in [1.807, 2.05) is 12.1 Å². The average molecular weight is 351 g/mol. The molecule has 4 bridgehead atoms. The molecule has 0 radical (unpaired) electrons. The van der Waals surface area contributed by atoms with Gasteiger partial charge in [0.15, 0.2) is 0 Å². The first-order chi connectivity index (χ1) is 11.2. The van der Waals surface area contributed by atoms with E-state index in [2.05, 4.69) is 21.1 Å². The van der Waals surface area contributed by atoms with Crippen molar-refractivity contribution in [3.63, 3.8) is 0 Å². The molecular formula is C19H28NO3S+. The van der Waals surface area contributed by atoms with E-state index in [-0.39, 0.29) is 11.0 Å². The minimum absolute atomic E-state index is 0.0964. The van der Waals surface area contributed by atoms with E-state index in [0.29, 0.717) is 16.3 Å². The Morgan fingerprint density at radius 1 is 0.875 bits per heavy atom. The van der Waals surface area contributed by atoms with E-state index < -0.39 is 10.1 Å². The maximum absolute atomic E-state index is 12.8. The summed E-state index contributed by atoms with van der Waals surface area (Å²) in [6.07, 6.45) is 5.91. The lowest BCUT2D eigenvalue weighted by Crippen LogP contribution is -2.50. The third kappa shape index (κ3) is 2.91. The van der Waals surface area contributed by atoms with Crippen LogP contribution < -0.4 is 4.48 Å². The summed E-state index contributed by atoms with van der Waals surface area (Å²) < 4.78 is 32.0. The van der Waals surface area contributed by atoms with Crippen molar-refractivity contribution in [1.29, 1.82) is 0 Å². The molecule has 132 valence electrons. The second kappa shape index (κ2) is 5.55. The fraction of sp³-hybridized carbons (Fsp3) is 0.684. The molecule has 0 aromatic heterocycles. The summed E-state index contributed by atoms with van der Waals surface area (Å²) in [6, 6.07) is 7.13. The summed E-state index contributed by atoms with van der Waals surface area (Å²) >= 11 is 0. The Labute approximate surface area is 145 Å². The number of quaternary nitrogens is 1. The molecule has 24 heavy (non-hydrogen) atoms. The van der Waals surface area contributed by atoms with Crippen LogP contribution in [0.3, 0.4) is 0 Å². The van der Waals surface area contributed by atoms with Crippen LogP contribution in [-0.2, 0) is 14.3 Å². The van der Waals surface area contributed by atoms with Gasteiger partial charge in [-0.2, -0.15) is 8.42 Å². The Hall–Kier alpha value is -0.910. The molecule has 0 heterocycles. The molecule has 4 fully saturated rings. The lowest BCUT2D eigenvalue weighted by molar-refractivity contribution is -0.0764. The van der Waals surface area contributed by atoms with Crippen LogP contribution >= 0.6 is 0 Å². The predicted molar refractivity (Wildman–Crippen MR) is 95.1 cm³/mol. The molecule has 4 aliphatic carbocycles. The molecule has 5 heteroatoms. The second-order valence-electron chi connectivity index (χ2n) is 8.95. The van der Waals surface area contributed by atoms with Gasteiger partial charge in [-0.25, -0.2) is 0 Å². The van der Waals surface area contributed by atoms with Gasteiger partial charge in [-0.1, -0.05) is 0 Å². The fourth-order valence-corrected chi connectivity index (χ4v) is 6.48. The first-order valence-electron chi connectivity index (χ1n) is 9.08. The van der Waals surface area contributed by atoms with Gasteiger partial charge in [0, 0.05) is 12.1 Å². The zero-order valence-electron chi connectivity index (χ0n) is 14.8.